The highest BCUT2D eigenvalue weighted by Crippen LogP contribution is 2.28. The van der Waals surface area contributed by atoms with Crippen molar-refractivity contribution in [1.82, 2.24) is 15.0 Å². The Morgan fingerprint density at radius 2 is 1.57 bits per heavy atom. The fourth-order valence-corrected chi connectivity index (χ4v) is 2.27. The molecule has 2 heterocycles. The van der Waals surface area contributed by atoms with Crippen molar-refractivity contribution in [3.8, 4) is 22.6 Å². The van der Waals surface area contributed by atoms with E-state index >= 15 is 0 Å². The summed E-state index contributed by atoms with van der Waals surface area (Å²) >= 11 is 0. The zero-order valence-corrected chi connectivity index (χ0v) is 12.0. The van der Waals surface area contributed by atoms with Crippen molar-refractivity contribution in [3.63, 3.8) is 0 Å². The van der Waals surface area contributed by atoms with Crippen LogP contribution in [0.1, 0.15) is 5.56 Å². The number of hydrogen-bond donors (Lipinski definition) is 1. The van der Waals surface area contributed by atoms with Crippen molar-refractivity contribution in [2.45, 2.75) is 6.92 Å². The van der Waals surface area contributed by atoms with Gasteiger partial charge in [-0.3, -0.25) is 4.98 Å². The molecule has 3 rings (SSSR count). The zero-order valence-electron chi connectivity index (χ0n) is 12.0. The molecule has 0 aliphatic heterocycles. The second kappa shape index (κ2) is 5.71. The first kappa shape index (κ1) is 13.2. The minimum absolute atomic E-state index is 0.700. The maximum atomic E-state index is 4.74. The number of anilines is 1. The van der Waals surface area contributed by atoms with Crippen LogP contribution in [0.25, 0.3) is 22.6 Å². The van der Waals surface area contributed by atoms with E-state index in [0.717, 1.165) is 28.2 Å². The molecule has 0 bridgehead atoms. The summed E-state index contributed by atoms with van der Waals surface area (Å²) in [6.07, 6.45) is 3.50. The van der Waals surface area contributed by atoms with E-state index < -0.39 is 0 Å². The van der Waals surface area contributed by atoms with Crippen LogP contribution in [-0.2, 0) is 0 Å². The van der Waals surface area contributed by atoms with E-state index in [9.17, 15) is 0 Å². The van der Waals surface area contributed by atoms with Crippen molar-refractivity contribution in [3.05, 3.63) is 60.4 Å². The molecule has 104 valence electrons. The van der Waals surface area contributed by atoms with Crippen LogP contribution in [0.2, 0.25) is 0 Å². The van der Waals surface area contributed by atoms with Crippen LogP contribution in [0.15, 0.2) is 54.9 Å². The summed E-state index contributed by atoms with van der Waals surface area (Å²) in [7, 11) is 1.88. The van der Waals surface area contributed by atoms with Crippen LogP contribution in [0.5, 0.6) is 0 Å². The molecule has 0 atom stereocenters. The molecule has 0 fully saturated rings. The third-order valence-electron chi connectivity index (χ3n) is 3.37. The summed E-state index contributed by atoms with van der Waals surface area (Å²) in [5, 5.41) is 3.15. The summed E-state index contributed by atoms with van der Waals surface area (Å²) in [6, 6.07) is 14.0. The lowest BCUT2D eigenvalue weighted by Crippen LogP contribution is -2.03. The summed E-state index contributed by atoms with van der Waals surface area (Å²) in [5.41, 5.74) is 4.03. The highest BCUT2D eigenvalue weighted by Gasteiger charge is 2.12. The van der Waals surface area contributed by atoms with Crippen molar-refractivity contribution in [2.24, 2.45) is 0 Å². The predicted octanol–water partition coefficient (Wildman–Crippen LogP) is 3.56. The van der Waals surface area contributed by atoms with Crippen LogP contribution < -0.4 is 5.32 Å². The molecule has 1 aromatic carbocycles. The van der Waals surface area contributed by atoms with Crippen molar-refractivity contribution >= 4 is 5.82 Å². The van der Waals surface area contributed by atoms with Crippen LogP contribution in [0.4, 0.5) is 5.82 Å². The van der Waals surface area contributed by atoms with Gasteiger partial charge in [-0.2, -0.15) is 0 Å². The Morgan fingerprint density at radius 1 is 0.857 bits per heavy atom. The van der Waals surface area contributed by atoms with Gasteiger partial charge in [-0.15, -0.1) is 0 Å². The van der Waals surface area contributed by atoms with Gasteiger partial charge >= 0.3 is 0 Å². The number of rotatable bonds is 3. The Morgan fingerprint density at radius 3 is 2.24 bits per heavy atom. The average Bonchev–Trinajstić information content (AvgIpc) is 2.56. The van der Waals surface area contributed by atoms with Gasteiger partial charge in [0.2, 0.25) is 0 Å². The lowest BCUT2D eigenvalue weighted by molar-refractivity contribution is 1.13. The molecule has 21 heavy (non-hydrogen) atoms. The van der Waals surface area contributed by atoms with Gasteiger partial charge in [-0.1, -0.05) is 30.3 Å². The maximum Gasteiger partial charge on any atom is 0.162 e. The van der Waals surface area contributed by atoms with E-state index in [2.05, 4.69) is 27.4 Å². The van der Waals surface area contributed by atoms with Gasteiger partial charge in [0.1, 0.15) is 5.82 Å². The number of pyridine rings is 1. The minimum atomic E-state index is 0.700. The van der Waals surface area contributed by atoms with Crippen LogP contribution in [-0.4, -0.2) is 22.0 Å². The topological polar surface area (TPSA) is 50.7 Å². The molecular formula is C17H16N4. The van der Waals surface area contributed by atoms with Gasteiger partial charge in [0, 0.05) is 36.1 Å². The molecule has 0 amide bonds. The highest BCUT2D eigenvalue weighted by molar-refractivity contribution is 5.71. The van der Waals surface area contributed by atoms with Gasteiger partial charge < -0.3 is 5.32 Å². The van der Waals surface area contributed by atoms with E-state index in [0.29, 0.717) is 5.82 Å². The Kier molecular flexibility index (Phi) is 3.60. The lowest BCUT2D eigenvalue weighted by atomic mass is 10.1. The van der Waals surface area contributed by atoms with E-state index in [4.69, 9.17) is 4.98 Å². The Balaban J connectivity index is 2.21. The molecule has 0 unspecified atom stereocenters. The highest BCUT2D eigenvalue weighted by atomic mass is 15.0. The van der Waals surface area contributed by atoms with E-state index in [1.54, 1.807) is 12.4 Å². The summed E-state index contributed by atoms with van der Waals surface area (Å²) in [4.78, 5) is 13.4. The number of nitrogens with one attached hydrogen (secondary N) is 1. The fraction of sp³-hybridized carbons (Fsp3) is 0.118. The Labute approximate surface area is 123 Å². The lowest BCUT2D eigenvalue weighted by Gasteiger charge is -2.12. The van der Waals surface area contributed by atoms with Crippen molar-refractivity contribution < 1.29 is 0 Å². The maximum absolute atomic E-state index is 4.74. The van der Waals surface area contributed by atoms with Crippen LogP contribution in [0.3, 0.4) is 0 Å². The van der Waals surface area contributed by atoms with Crippen LogP contribution in [0, 0.1) is 6.92 Å². The third kappa shape index (κ3) is 2.60. The molecule has 4 heteroatoms. The molecule has 0 aliphatic rings. The first-order chi connectivity index (χ1) is 10.3. The molecule has 2 aromatic heterocycles. The normalized spacial score (nSPS) is 10.4. The average molecular weight is 276 g/mol. The quantitative estimate of drug-likeness (QED) is 0.794. The van der Waals surface area contributed by atoms with Gasteiger partial charge in [-0.05, 0) is 19.1 Å². The third-order valence-corrected chi connectivity index (χ3v) is 3.37. The molecule has 0 spiro atoms. The Bertz CT molecular complexity index is 739. The number of aromatic nitrogens is 3. The summed E-state index contributed by atoms with van der Waals surface area (Å²) < 4.78 is 0. The predicted molar refractivity (Wildman–Crippen MR) is 85.0 cm³/mol. The van der Waals surface area contributed by atoms with E-state index in [1.165, 1.54) is 0 Å². The van der Waals surface area contributed by atoms with Gasteiger partial charge in [0.25, 0.3) is 0 Å². The van der Waals surface area contributed by atoms with Crippen LogP contribution >= 0.6 is 0 Å². The van der Waals surface area contributed by atoms with Gasteiger partial charge in [-0.25, -0.2) is 9.97 Å². The van der Waals surface area contributed by atoms with E-state index in [-0.39, 0.29) is 0 Å². The molecular weight excluding hydrogens is 260 g/mol. The monoisotopic (exact) mass is 276 g/mol. The minimum Gasteiger partial charge on any atom is -0.373 e. The van der Waals surface area contributed by atoms with Crippen molar-refractivity contribution in [2.75, 3.05) is 12.4 Å². The second-order valence-corrected chi connectivity index (χ2v) is 4.72. The fourth-order valence-electron chi connectivity index (χ4n) is 2.27. The number of nitrogens with zero attached hydrogens (tertiary/aromatic N) is 3. The second-order valence-electron chi connectivity index (χ2n) is 4.72. The Hall–Kier alpha value is -2.75. The smallest absolute Gasteiger partial charge is 0.162 e. The van der Waals surface area contributed by atoms with E-state index in [1.807, 2.05) is 44.3 Å². The first-order valence-corrected chi connectivity index (χ1v) is 6.82. The summed E-state index contributed by atoms with van der Waals surface area (Å²) in [6.45, 7) is 2.03. The van der Waals surface area contributed by atoms with Crippen molar-refractivity contribution in [1.29, 1.82) is 0 Å². The zero-order chi connectivity index (χ0) is 14.7. The number of benzene rings is 1. The molecule has 0 saturated heterocycles. The van der Waals surface area contributed by atoms with Gasteiger partial charge in [0.05, 0.1) is 5.69 Å². The molecule has 0 saturated carbocycles. The number of hydrogen-bond acceptors (Lipinski definition) is 4. The largest absolute Gasteiger partial charge is 0.373 e. The molecule has 3 aromatic rings. The first-order valence-electron chi connectivity index (χ1n) is 6.82. The van der Waals surface area contributed by atoms with Gasteiger partial charge in [0.15, 0.2) is 5.82 Å². The SMILES string of the molecule is CNc1nc(-c2ccncc2)nc(-c2ccccc2)c1C. The molecule has 4 nitrogen and oxygen atoms in total. The molecule has 0 aliphatic carbocycles. The molecule has 0 radical (unpaired) electrons. The standard InChI is InChI=1S/C17H16N4/c1-12-15(13-6-4-3-5-7-13)20-17(21-16(12)18-2)14-8-10-19-11-9-14/h3-11H,1-2H3,(H,18,20,21). The molecule has 1 N–H and O–H groups in total. The summed E-state index contributed by atoms with van der Waals surface area (Å²) in [5.74, 6) is 1.54.